The maximum Gasteiger partial charge on any atom is 0.335 e. The van der Waals surface area contributed by atoms with Crippen LogP contribution in [0, 0.1) is 0 Å². The molecule has 0 aliphatic heterocycles. The number of hydrogen-bond donors (Lipinski definition) is 1. The van der Waals surface area contributed by atoms with E-state index in [-0.39, 0.29) is 17.9 Å². The number of hydrogen-bond acceptors (Lipinski definition) is 3. The Balaban J connectivity index is 2.18. The minimum Gasteiger partial charge on any atom is -0.478 e. The second kappa shape index (κ2) is 5.97. The molecule has 2 aromatic rings. The van der Waals surface area contributed by atoms with Crippen LogP contribution in [0.25, 0.3) is 0 Å². The summed E-state index contributed by atoms with van der Waals surface area (Å²) < 4.78 is 0. The lowest BCUT2D eigenvalue weighted by Crippen LogP contribution is -2.29. The van der Waals surface area contributed by atoms with Gasteiger partial charge < -0.3 is 5.11 Å². The van der Waals surface area contributed by atoms with Gasteiger partial charge in [-0.3, -0.25) is 9.69 Å². The van der Waals surface area contributed by atoms with Crippen molar-refractivity contribution >= 4 is 17.7 Å². The predicted octanol–water partition coefficient (Wildman–Crippen LogP) is 1.99. The minimum atomic E-state index is -1.03. The largest absolute Gasteiger partial charge is 0.478 e. The molecule has 20 heavy (non-hydrogen) atoms. The molecule has 1 aromatic heterocycles. The van der Waals surface area contributed by atoms with Crippen LogP contribution in [0.3, 0.4) is 0 Å². The molecule has 2 rings (SSSR count). The smallest absolute Gasteiger partial charge is 0.335 e. The monoisotopic (exact) mass is 270 g/mol. The van der Waals surface area contributed by atoms with E-state index in [0.717, 1.165) is 0 Å². The van der Waals surface area contributed by atoms with Crippen LogP contribution in [0.4, 0.5) is 5.82 Å². The van der Waals surface area contributed by atoms with Crippen molar-refractivity contribution in [2.75, 3.05) is 11.9 Å². The maximum atomic E-state index is 12.2. The van der Waals surface area contributed by atoms with Crippen molar-refractivity contribution in [3.05, 3.63) is 59.8 Å². The summed E-state index contributed by atoms with van der Waals surface area (Å²) in [5.41, 5.74) is 0.642. The number of pyridine rings is 1. The number of carboxylic acids is 1. The molecule has 0 aliphatic carbocycles. The third-order valence-electron chi connectivity index (χ3n) is 2.96. The SMILES string of the molecule is CN(C(=O)Cc1ccccc1C(=O)O)c1ccccn1. The Bertz CT molecular complexity index is 626. The average molecular weight is 270 g/mol. The molecule has 1 amide bonds. The highest BCUT2D eigenvalue weighted by molar-refractivity contribution is 5.96. The normalized spacial score (nSPS) is 10.1. The van der Waals surface area contributed by atoms with Crippen LogP contribution in [0.15, 0.2) is 48.7 Å². The molecule has 0 radical (unpaired) electrons. The fourth-order valence-corrected chi connectivity index (χ4v) is 1.84. The van der Waals surface area contributed by atoms with E-state index >= 15 is 0 Å². The summed E-state index contributed by atoms with van der Waals surface area (Å²) in [6.07, 6.45) is 1.62. The fraction of sp³-hybridized carbons (Fsp3) is 0.133. The van der Waals surface area contributed by atoms with Gasteiger partial charge >= 0.3 is 5.97 Å². The van der Waals surface area contributed by atoms with Gasteiger partial charge in [0.05, 0.1) is 12.0 Å². The number of benzene rings is 1. The number of nitrogens with zero attached hydrogens (tertiary/aromatic N) is 2. The second-order valence-electron chi connectivity index (χ2n) is 4.28. The van der Waals surface area contributed by atoms with Crippen LogP contribution in [0.2, 0.25) is 0 Å². The molecule has 0 aliphatic rings. The van der Waals surface area contributed by atoms with E-state index in [0.29, 0.717) is 11.4 Å². The summed E-state index contributed by atoms with van der Waals surface area (Å²) in [6, 6.07) is 11.8. The Kier molecular flexibility index (Phi) is 4.10. The first-order valence-electron chi connectivity index (χ1n) is 6.08. The number of amides is 1. The fourth-order valence-electron chi connectivity index (χ4n) is 1.84. The molecular weight excluding hydrogens is 256 g/mol. The van der Waals surface area contributed by atoms with Crippen molar-refractivity contribution in [2.45, 2.75) is 6.42 Å². The van der Waals surface area contributed by atoms with E-state index < -0.39 is 5.97 Å². The van der Waals surface area contributed by atoms with Crippen LogP contribution < -0.4 is 4.90 Å². The molecule has 0 atom stereocenters. The lowest BCUT2D eigenvalue weighted by atomic mass is 10.0. The molecule has 0 fully saturated rings. The predicted molar refractivity (Wildman–Crippen MR) is 74.8 cm³/mol. The number of carbonyl (C=O) groups excluding carboxylic acids is 1. The van der Waals surface area contributed by atoms with E-state index in [9.17, 15) is 9.59 Å². The molecule has 102 valence electrons. The molecule has 1 aromatic carbocycles. The highest BCUT2D eigenvalue weighted by Gasteiger charge is 2.16. The lowest BCUT2D eigenvalue weighted by molar-refractivity contribution is -0.117. The highest BCUT2D eigenvalue weighted by atomic mass is 16.4. The zero-order valence-corrected chi connectivity index (χ0v) is 11.0. The number of carbonyl (C=O) groups is 2. The molecule has 0 saturated carbocycles. The molecule has 0 saturated heterocycles. The van der Waals surface area contributed by atoms with E-state index in [1.165, 1.54) is 11.0 Å². The third kappa shape index (κ3) is 3.00. The number of aromatic carboxylic acids is 1. The Hall–Kier alpha value is -2.69. The van der Waals surface area contributed by atoms with Crippen molar-refractivity contribution in [3.8, 4) is 0 Å². The number of anilines is 1. The molecule has 1 heterocycles. The molecule has 0 unspecified atom stereocenters. The van der Waals surface area contributed by atoms with Gasteiger partial charge in [-0.25, -0.2) is 9.78 Å². The third-order valence-corrected chi connectivity index (χ3v) is 2.96. The highest BCUT2D eigenvalue weighted by Crippen LogP contribution is 2.13. The van der Waals surface area contributed by atoms with Gasteiger partial charge in [-0.1, -0.05) is 24.3 Å². The first-order valence-corrected chi connectivity index (χ1v) is 6.08. The van der Waals surface area contributed by atoms with Gasteiger partial charge in [0.1, 0.15) is 5.82 Å². The standard InChI is InChI=1S/C15H14N2O3/c1-17(13-8-4-5-9-16-13)14(18)10-11-6-2-3-7-12(11)15(19)20/h2-9H,10H2,1H3,(H,19,20). The second-order valence-corrected chi connectivity index (χ2v) is 4.28. The van der Waals surface area contributed by atoms with E-state index in [1.807, 2.05) is 0 Å². The van der Waals surface area contributed by atoms with Gasteiger partial charge in [-0.05, 0) is 23.8 Å². The zero-order valence-electron chi connectivity index (χ0n) is 11.0. The van der Waals surface area contributed by atoms with Crippen molar-refractivity contribution in [1.82, 2.24) is 4.98 Å². The van der Waals surface area contributed by atoms with Crippen LogP contribution in [0.1, 0.15) is 15.9 Å². The van der Waals surface area contributed by atoms with Crippen molar-refractivity contribution in [1.29, 1.82) is 0 Å². The summed E-state index contributed by atoms with van der Waals surface area (Å²) in [4.78, 5) is 28.8. The van der Waals surface area contributed by atoms with Gasteiger partial charge in [0.25, 0.3) is 0 Å². The summed E-state index contributed by atoms with van der Waals surface area (Å²) in [5.74, 6) is -0.711. The number of rotatable bonds is 4. The van der Waals surface area contributed by atoms with Gasteiger partial charge in [0.15, 0.2) is 0 Å². The Morgan fingerprint density at radius 1 is 1.15 bits per heavy atom. The maximum absolute atomic E-state index is 12.2. The summed E-state index contributed by atoms with van der Waals surface area (Å²) in [7, 11) is 1.62. The first-order chi connectivity index (χ1) is 9.59. The lowest BCUT2D eigenvalue weighted by Gasteiger charge is -2.16. The van der Waals surface area contributed by atoms with E-state index in [1.54, 1.807) is 49.6 Å². The van der Waals surface area contributed by atoms with Crippen LogP contribution in [-0.2, 0) is 11.2 Å². The summed E-state index contributed by atoms with van der Waals surface area (Å²) in [6.45, 7) is 0. The van der Waals surface area contributed by atoms with E-state index in [2.05, 4.69) is 4.98 Å². The van der Waals surface area contributed by atoms with Crippen LogP contribution >= 0.6 is 0 Å². The number of carboxylic acid groups (broad SMARTS) is 1. The van der Waals surface area contributed by atoms with Crippen LogP contribution in [-0.4, -0.2) is 29.0 Å². The van der Waals surface area contributed by atoms with Crippen LogP contribution in [0.5, 0.6) is 0 Å². The van der Waals surface area contributed by atoms with Crippen molar-refractivity contribution in [3.63, 3.8) is 0 Å². The van der Waals surface area contributed by atoms with Gasteiger partial charge in [-0.15, -0.1) is 0 Å². The molecule has 0 spiro atoms. The van der Waals surface area contributed by atoms with E-state index in [4.69, 9.17) is 5.11 Å². The topological polar surface area (TPSA) is 70.5 Å². The summed E-state index contributed by atoms with van der Waals surface area (Å²) >= 11 is 0. The molecule has 1 N–H and O–H groups in total. The Morgan fingerprint density at radius 2 is 1.85 bits per heavy atom. The Morgan fingerprint density at radius 3 is 2.50 bits per heavy atom. The van der Waals surface area contributed by atoms with Crippen molar-refractivity contribution < 1.29 is 14.7 Å². The molecule has 5 heteroatoms. The Labute approximate surface area is 116 Å². The van der Waals surface area contributed by atoms with Crippen molar-refractivity contribution in [2.24, 2.45) is 0 Å². The molecular formula is C15H14N2O3. The first kappa shape index (κ1) is 13.7. The average Bonchev–Trinajstić information content (AvgIpc) is 2.47. The zero-order chi connectivity index (χ0) is 14.5. The van der Waals surface area contributed by atoms with Gasteiger partial charge in [0.2, 0.25) is 5.91 Å². The van der Waals surface area contributed by atoms with Gasteiger partial charge in [-0.2, -0.15) is 0 Å². The molecule has 5 nitrogen and oxygen atoms in total. The number of likely N-dealkylation sites (N-methyl/N-ethyl adjacent to an activating group) is 1. The molecule has 0 bridgehead atoms. The number of aromatic nitrogens is 1. The quantitative estimate of drug-likeness (QED) is 0.922. The minimum absolute atomic E-state index is 0.0234. The summed E-state index contributed by atoms with van der Waals surface area (Å²) in [5, 5.41) is 9.10. The van der Waals surface area contributed by atoms with Gasteiger partial charge in [0, 0.05) is 13.2 Å².